The lowest BCUT2D eigenvalue weighted by Crippen LogP contribution is -2.31. The van der Waals surface area contributed by atoms with Crippen molar-refractivity contribution in [2.24, 2.45) is 0 Å². The molecule has 0 saturated carbocycles. The van der Waals surface area contributed by atoms with E-state index in [1.165, 1.54) is 9.78 Å². The molecule has 0 unspecified atom stereocenters. The second kappa shape index (κ2) is 4.06. The third-order valence-corrected chi connectivity index (χ3v) is 3.66. The van der Waals surface area contributed by atoms with Crippen LogP contribution in [0.3, 0.4) is 0 Å². The number of amides is 1. The molecule has 1 aliphatic rings. The minimum absolute atomic E-state index is 0.551. The third-order valence-electron chi connectivity index (χ3n) is 2.49. The summed E-state index contributed by atoms with van der Waals surface area (Å²) in [7, 11) is 1.85. The molecular weight excluding hydrogens is 214 g/mol. The quantitative estimate of drug-likeness (QED) is 0.758. The number of nitrogens with one attached hydrogen (secondary N) is 1. The van der Waals surface area contributed by atoms with Gasteiger partial charge in [-0.25, -0.2) is 9.78 Å². The van der Waals surface area contributed by atoms with Crippen LogP contribution in [0.25, 0.3) is 0 Å². The molecule has 1 amide bonds. The SMILES string of the molecule is CNc1nc2c(s1)CCN(C(=O)O)CC2. The maximum Gasteiger partial charge on any atom is 0.407 e. The van der Waals surface area contributed by atoms with Crippen molar-refractivity contribution in [1.82, 2.24) is 9.88 Å². The number of anilines is 1. The lowest BCUT2D eigenvalue weighted by atomic mass is 10.2. The van der Waals surface area contributed by atoms with E-state index in [4.69, 9.17) is 5.11 Å². The minimum atomic E-state index is -0.834. The van der Waals surface area contributed by atoms with E-state index in [-0.39, 0.29) is 0 Å². The Morgan fingerprint density at radius 3 is 2.93 bits per heavy atom. The Hall–Kier alpha value is -1.30. The summed E-state index contributed by atoms with van der Waals surface area (Å²) in [6, 6.07) is 0. The summed E-state index contributed by atoms with van der Waals surface area (Å²) in [5.41, 5.74) is 1.05. The smallest absolute Gasteiger partial charge is 0.407 e. The van der Waals surface area contributed by atoms with Crippen LogP contribution in [-0.2, 0) is 12.8 Å². The fourth-order valence-electron chi connectivity index (χ4n) is 1.66. The number of rotatable bonds is 1. The van der Waals surface area contributed by atoms with Gasteiger partial charge in [-0.2, -0.15) is 0 Å². The van der Waals surface area contributed by atoms with Gasteiger partial charge in [-0.3, -0.25) is 0 Å². The second-order valence-corrected chi connectivity index (χ2v) is 4.49. The molecule has 6 heteroatoms. The Labute approximate surface area is 91.7 Å². The molecule has 0 radical (unpaired) electrons. The maximum absolute atomic E-state index is 10.8. The molecule has 2 rings (SSSR count). The van der Waals surface area contributed by atoms with Crippen molar-refractivity contribution < 1.29 is 9.90 Å². The van der Waals surface area contributed by atoms with Crippen molar-refractivity contribution in [2.45, 2.75) is 12.8 Å². The van der Waals surface area contributed by atoms with E-state index in [0.717, 1.165) is 23.7 Å². The molecule has 0 fully saturated rings. The number of carboxylic acid groups (broad SMARTS) is 1. The van der Waals surface area contributed by atoms with E-state index in [1.54, 1.807) is 11.3 Å². The van der Waals surface area contributed by atoms with Gasteiger partial charge in [0.1, 0.15) is 0 Å². The lowest BCUT2D eigenvalue weighted by Gasteiger charge is -2.15. The second-order valence-electron chi connectivity index (χ2n) is 3.41. The van der Waals surface area contributed by atoms with Crippen molar-refractivity contribution in [2.75, 3.05) is 25.5 Å². The summed E-state index contributed by atoms with van der Waals surface area (Å²) in [5, 5.41) is 12.8. The van der Waals surface area contributed by atoms with Crippen LogP contribution in [0.2, 0.25) is 0 Å². The summed E-state index contributed by atoms with van der Waals surface area (Å²) in [5.74, 6) is 0. The summed E-state index contributed by atoms with van der Waals surface area (Å²) in [6.07, 6.45) is 0.667. The fraction of sp³-hybridized carbons (Fsp3) is 0.556. The Bertz CT molecular complexity index is 352. The number of thiazole rings is 1. The highest BCUT2D eigenvalue weighted by molar-refractivity contribution is 7.15. The zero-order chi connectivity index (χ0) is 10.8. The Morgan fingerprint density at radius 2 is 2.27 bits per heavy atom. The van der Waals surface area contributed by atoms with Gasteiger partial charge < -0.3 is 15.3 Å². The summed E-state index contributed by atoms with van der Waals surface area (Å²) in [6.45, 7) is 1.13. The molecule has 2 N–H and O–H groups in total. The summed E-state index contributed by atoms with van der Waals surface area (Å²) < 4.78 is 0. The lowest BCUT2D eigenvalue weighted by molar-refractivity contribution is 0.147. The van der Waals surface area contributed by atoms with E-state index in [1.807, 2.05) is 7.05 Å². The van der Waals surface area contributed by atoms with Gasteiger partial charge in [0.05, 0.1) is 5.69 Å². The molecule has 1 aliphatic heterocycles. The van der Waals surface area contributed by atoms with Gasteiger partial charge in [-0.15, -0.1) is 11.3 Å². The maximum atomic E-state index is 10.8. The molecule has 2 heterocycles. The first-order valence-electron chi connectivity index (χ1n) is 4.85. The summed E-state index contributed by atoms with van der Waals surface area (Å²) in [4.78, 5) is 17.9. The van der Waals surface area contributed by atoms with E-state index in [0.29, 0.717) is 13.1 Å². The van der Waals surface area contributed by atoms with Crippen molar-refractivity contribution in [3.63, 3.8) is 0 Å². The molecule has 0 atom stereocenters. The highest BCUT2D eigenvalue weighted by Crippen LogP contribution is 2.25. The normalized spacial score (nSPS) is 15.7. The van der Waals surface area contributed by atoms with Crippen LogP contribution in [0.15, 0.2) is 0 Å². The van der Waals surface area contributed by atoms with Gasteiger partial charge in [0.25, 0.3) is 0 Å². The van der Waals surface area contributed by atoms with Crippen LogP contribution in [0.5, 0.6) is 0 Å². The van der Waals surface area contributed by atoms with E-state index in [2.05, 4.69) is 10.3 Å². The average molecular weight is 227 g/mol. The topological polar surface area (TPSA) is 65.5 Å². The van der Waals surface area contributed by atoms with E-state index >= 15 is 0 Å². The first-order chi connectivity index (χ1) is 7.20. The van der Waals surface area contributed by atoms with Crippen LogP contribution in [0.1, 0.15) is 10.6 Å². The van der Waals surface area contributed by atoms with Gasteiger partial charge in [-0.05, 0) is 0 Å². The van der Waals surface area contributed by atoms with E-state index < -0.39 is 6.09 Å². The molecular formula is C9H13N3O2S. The van der Waals surface area contributed by atoms with Crippen LogP contribution in [-0.4, -0.2) is 41.2 Å². The number of aromatic nitrogens is 1. The largest absolute Gasteiger partial charge is 0.465 e. The average Bonchev–Trinajstić information content (AvgIpc) is 2.51. The first kappa shape index (κ1) is 10.2. The molecule has 5 nitrogen and oxygen atoms in total. The van der Waals surface area contributed by atoms with Crippen LogP contribution < -0.4 is 5.32 Å². The van der Waals surface area contributed by atoms with Crippen LogP contribution in [0.4, 0.5) is 9.93 Å². The van der Waals surface area contributed by atoms with Crippen molar-refractivity contribution in [3.8, 4) is 0 Å². The third kappa shape index (κ3) is 2.04. The zero-order valence-corrected chi connectivity index (χ0v) is 9.30. The Morgan fingerprint density at radius 1 is 1.53 bits per heavy atom. The zero-order valence-electron chi connectivity index (χ0n) is 8.49. The van der Waals surface area contributed by atoms with E-state index in [9.17, 15) is 4.79 Å². The molecule has 0 aliphatic carbocycles. The molecule has 1 aromatic heterocycles. The number of fused-ring (bicyclic) bond motifs is 1. The van der Waals surface area contributed by atoms with Crippen LogP contribution in [0, 0.1) is 0 Å². The Balaban J connectivity index is 2.14. The number of hydrogen-bond acceptors (Lipinski definition) is 4. The molecule has 0 aromatic carbocycles. The minimum Gasteiger partial charge on any atom is -0.465 e. The van der Waals surface area contributed by atoms with Crippen molar-refractivity contribution in [3.05, 3.63) is 10.6 Å². The number of hydrogen-bond donors (Lipinski definition) is 2. The predicted octanol–water partition coefficient (Wildman–Crippen LogP) is 1.26. The molecule has 15 heavy (non-hydrogen) atoms. The summed E-state index contributed by atoms with van der Waals surface area (Å²) >= 11 is 1.62. The predicted molar refractivity (Wildman–Crippen MR) is 58.7 cm³/mol. The molecule has 0 bridgehead atoms. The van der Waals surface area contributed by atoms with Gasteiger partial charge in [0, 0.05) is 37.9 Å². The highest BCUT2D eigenvalue weighted by Gasteiger charge is 2.20. The Kier molecular flexibility index (Phi) is 2.77. The standard InChI is InChI=1S/C9H13N3O2S/c1-10-8-11-6-2-4-12(9(13)14)5-3-7(6)15-8/h2-5H2,1H3,(H,10,11)(H,13,14). The molecule has 82 valence electrons. The van der Waals surface area contributed by atoms with Gasteiger partial charge >= 0.3 is 6.09 Å². The van der Waals surface area contributed by atoms with Crippen LogP contribution >= 0.6 is 11.3 Å². The van der Waals surface area contributed by atoms with Crippen molar-refractivity contribution in [1.29, 1.82) is 0 Å². The molecule has 0 saturated heterocycles. The van der Waals surface area contributed by atoms with Gasteiger partial charge in [-0.1, -0.05) is 0 Å². The van der Waals surface area contributed by atoms with Gasteiger partial charge in [0.2, 0.25) is 0 Å². The monoisotopic (exact) mass is 227 g/mol. The molecule has 0 spiro atoms. The number of nitrogens with zero attached hydrogens (tertiary/aromatic N) is 2. The highest BCUT2D eigenvalue weighted by atomic mass is 32.1. The van der Waals surface area contributed by atoms with Gasteiger partial charge in [0.15, 0.2) is 5.13 Å². The van der Waals surface area contributed by atoms with Crippen molar-refractivity contribution >= 4 is 22.6 Å². The molecule has 1 aromatic rings. The fourth-order valence-corrected chi connectivity index (χ4v) is 2.61. The first-order valence-corrected chi connectivity index (χ1v) is 5.66. The number of carbonyl (C=O) groups is 1.